The number of aromatic hydroxyl groups is 2. The summed E-state index contributed by atoms with van der Waals surface area (Å²) in [6.45, 7) is 1.88. The zero-order valence-corrected chi connectivity index (χ0v) is 16.6. The number of phenolic OH excluding ortho intramolecular Hbond substituents is 2. The van der Waals surface area contributed by atoms with Crippen LogP contribution in [0.1, 0.15) is 34.9 Å². The molecule has 0 spiro atoms. The Kier molecular flexibility index (Phi) is 3.87. The zero-order valence-electron chi connectivity index (χ0n) is 15.8. The number of benzene rings is 3. The molecule has 0 radical (unpaired) electrons. The van der Waals surface area contributed by atoms with Crippen LogP contribution in [0.2, 0.25) is 0 Å². The van der Waals surface area contributed by atoms with Crippen molar-refractivity contribution in [1.82, 2.24) is 0 Å². The highest BCUT2D eigenvalue weighted by Gasteiger charge is 2.42. The lowest BCUT2D eigenvalue weighted by molar-refractivity contribution is 0.438. The highest BCUT2D eigenvalue weighted by Crippen LogP contribution is 2.59. The average Bonchev–Trinajstić information content (AvgIpc) is 3.33. The van der Waals surface area contributed by atoms with Crippen molar-refractivity contribution in [2.75, 3.05) is 0 Å². The van der Waals surface area contributed by atoms with Gasteiger partial charge in [-0.25, -0.2) is 8.42 Å². The predicted molar refractivity (Wildman–Crippen MR) is 111 cm³/mol. The molecule has 2 aliphatic rings. The third-order valence-corrected chi connectivity index (χ3v) is 7.79. The van der Waals surface area contributed by atoms with Crippen LogP contribution >= 0.6 is 0 Å². The molecule has 3 aromatic carbocycles. The topological polar surface area (TPSA) is 74.6 Å². The van der Waals surface area contributed by atoms with Gasteiger partial charge >= 0.3 is 0 Å². The van der Waals surface area contributed by atoms with Gasteiger partial charge in [-0.2, -0.15) is 0 Å². The van der Waals surface area contributed by atoms with Crippen molar-refractivity contribution in [1.29, 1.82) is 0 Å². The van der Waals surface area contributed by atoms with Gasteiger partial charge in [0.15, 0.2) is 0 Å². The Bertz CT molecular complexity index is 1260. The molecule has 0 unspecified atom stereocenters. The molecule has 0 saturated heterocycles. The minimum atomic E-state index is -4.06. The summed E-state index contributed by atoms with van der Waals surface area (Å²) in [5, 5.41) is 22.5. The minimum Gasteiger partial charge on any atom is -0.507 e. The Morgan fingerprint density at radius 2 is 1.41 bits per heavy atom. The van der Waals surface area contributed by atoms with Gasteiger partial charge in [0, 0.05) is 28.5 Å². The lowest BCUT2D eigenvalue weighted by Crippen LogP contribution is -2.08. The van der Waals surface area contributed by atoms with Gasteiger partial charge in [-0.15, -0.1) is 0 Å². The van der Waals surface area contributed by atoms with Gasteiger partial charge in [0.1, 0.15) is 16.4 Å². The van der Waals surface area contributed by atoms with E-state index < -0.39 is 9.84 Å². The molecule has 2 N–H and O–H groups in total. The van der Waals surface area contributed by atoms with E-state index in [2.05, 4.69) is 0 Å². The van der Waals surface area contributed by atoms with E-state index >= 15 is 0 Å². The molecule has 2 atom stereocenters. The molecular formula is C24H20O4S. The summed E-state index contributed by atoms with van der Waals surface area (Å²) in [6.07, 6.45) is 4.75. The number of phenols is 2. The smallest absolute Gasteiger partial charge is 0.211 e. The van der Waals surface area contributed by atoms with E-state index in [-0.39, 0.29) is 38.7 Å². The second kappa shape index (κ2) is 6.22. The normalized spacial score (nSPS) is 19.5. The van der Waals surface area contributed by atoms with Crippen LogP contribution in [0.15, 0.2) is 76.5 Å². The van der Waals surface area contributed by atoms with E-state index in [0.29, 0.717) is 16.7 Å². The van der Waals surface area contributed by atoms with Crippen molar-refractivity contribution in [3.8, 4) is 22.6 Å². The summed E-state index contributed by atoms with van der Waals surface area (Å²) >= 11 is 0. The van der Waals surface area contributed by atoms with Crippen molar-refractivity contribution in [3.63, 3.8) is 0 Å². The number of hydrogen-bond donors (Lipinski definition) is 2. The van der Waals surface area contributed by atoms with Gasteiger partial charge in [-0.05, 0) is 31.0 Å². The maximum Gasteiger partial charge on any atom is 0.211 e. The fraction of sp³-hybridized carbons (Fsp3) is 0.167. The number of sulfone groups is 1. The van der Waals surface area contributed by atoms with E-state index in [1.165, 1.54) is 12.1 Å². The Hall–Kier alpha value is -3.05. The quantitative estimate of drug-likeness (QED) is 0.473. The molecule has 5 rings (SSSR count). The second-order valence-electron chi connectivity index (χ2n) is 7.74. The third kappa shape index (κ3) is 2.54. The average molecular weight is 404 g/mol. The van der Waals surface area contributed by atoms with Crippen molar-refractivity contribution >= 4 is 9.84 Å². The molecule has 29 heavy (non-hydrogen) atoms. The van der Waals surface area contributed by atoms with Crippen LogP contribution in [0.4, 0.5) is 0 Å². The summed E-state index contributed by atoms with van der Waals surface area (Å²) in [6, 6.07) is 15.4. The largest absolute Gasteiger partial charge is 0.507 e. The molecule has 5 heteroatoms. The van der Waals surface area contributed by atoms with Gasteiger partial charge in [0.2, 0.25) is 9.84 Å². The summed E-state index contributed by atoms with van der Waals surface area (Å²) in [4.78, 5) is -0.126. The van der Waals surface area contributed by atoms with Crippen LogP contribution in [-0.2, 0) is 9.84 Å². The third-order valence-electron chi connectivity index (χ3n) is 5.97. The molecule has 146 valence electrons. The van der Waals surface area contributed by atoms with Gasteiger partial charge in [-0.3, -0.25) is 0 Å². The van der Waals surface area contributed by atoms with E-state index in [1.54, 1.807) is 36.4 Å². The summed E-state index contributed by atoms with van der Waals surface area (Å²) in [5.74, 6) is -0.363. The Morgan fingerprint density at radius 3 is 2.03 bits per heavy atom. The molecule has 4 nitrogen and oxygen atoms in total. The second-order valence-corrected chi connectivity index (χ2v) is 9.63. The van der Waals surface area contributed by atoms with Crippen LogP contribution in [0.5, 0.6) is 11.5 Å². The Labute approximate surface area is 169 Å². The number of aryl methyl sites for hydroxylation is 1. The molecular weight excluding hydrogens is 384 g/mol. The molecule has 0 aromatic heterocycles. The van der Waals surface area contributed by atoms with E-state index in [0.717, 1.165) is 12.0 Å². The number of fused-ring (bicyclic) bond motifs is 5. The summed E-state index contributed by atoms with van der Waals surface area (Å²) in [5.41, 5.74) is 2.86. The molecule has 0 saturated carbocycles. The first kappa shape index (κ1) is 18.0. The van der Waals surface area contributed by atoms with Crippen molar-refractivity contribution in [2.24, 2.45) is 0 Å². The molecule has 2 bridgehead atoms. The summed E-state index contributed by atoms with van der Waals surface area (Å²) in [7, 11) is -4.06. The number of rotatable bonds is 3. The van der Waals surface area contributed by atoms with Crippen molar-refractivity contribution in [2.45, 2.75) is 35.0 Å². The van der Waals surface area contributed by atoms with Crippen molar-refractivity contribution < 1.29 is 18.6 Å². The van der Waals surface area contributed by atoms with Crippen LogP contribution in [0.25, 0.3) is 11.1 Å². The van der Waals surface area contributed by atoms with E-state index in [4.69, 9.17) is 0 Å². The first-order valence-electron chi connectivity index (χ1n) is 9.56. The summed E-state index contributed by atoms with van der Waals surface area (Å²) < 4.78 is 27.3. The lowest BCUT2D eigenvalue weighted by atomic mass is 9.90. The van der Waals surface area contributed by atoms with Crippen LogP contribution < -0.4 is 0 Å². The van der Waals surface area contributed by atoms with Crippen LogP contribution in [0.3, 0.4) is 0 Å². The van der Waals surface area contributed by atoms with Gasteiger partial charge < -0.3 is 10.2 Å². The predicted octanol–water partition coefficient (Wildman–Crippen LogP) is 5.05. The van der Waals surface area contributed by atoms with E-state index in [9.17, 15) is 18.6 Å². The highest BCUT2D eigenvalue weighted by molar-refractivity contribution is 7.91. The minimum absolute atomic E-state index is 0.000471. The first-order chi connectivity index (χ1) is 13.9. The van der Waals surface area contributed by atoms with Crippen LogP contribution in [0, 0.1) is 6.92 Å². The standard InChI is InChI=1S/C24H20O4S/c1-14-7-11-18(12-8-14)29(27,28)24-21(15-5-3-2-4-6-15)22(25)19-16-9-10-17(13-16)20(19)23(24)26/h2-12,16-17,25-26H,13H2,1H3/t16-,17+/m0/s1. The fourth-order valence-corrected chi connectivity index (χ4v) is 6.16. The number of allylic oxidation sites excluding steroid dienone is 2. The van der Waals surface area contributed by atoms with E-state index in [1.807, 2.05) is 25.1 Å². The number of hydrogen-bond acceptors (Lipinski definition) is 4. The Morgan fingerprint density at radius 1 is 0.828 bits per heavy atom. The maximum absolute atomic E-state index is 13.6. The maximum atomic E-state index is 13.6. The molecule has 0 aliphatic heterocycles. The molecule has 0 amide bonds. The molecule has 0 fully saturated rings. The lowest BCUT2D eigenvalue weighted by Gasteiger charge is -2.22. The highest BCUT2D eigenvalue weighted by atomic mass is 32.2. The molecule has 0 heterocycles. The monoisotopic (exact) mass is 404 g/mol. The van der Waals surface area contributed by atoms with Gasteiger partial charge in [0.25, 0.3) is 0 Å². The van der Waals surface area contributed by atoms with Gasteiger partial charge in [0.05, 0.1) is 4.90 Å². The van der Waals surface area contributed by atoms with Crippen LogP contribution in [-0.4, -0.2) is 18.6 Å². The fourth-order valence-electron chi connectivity index (χ4n) is 4.59. The van der Waals surface area contributed by atoms with Crippen molar-refractivity contribution in [3.05, 3.63) is 83.4 Å². The Balaban J connectivity index is 1.87. The SMILES string of the molecule is Cc1ccc(S(=O)(=O)c2c(O)c3c(c(O)c2-c2ccccc2)[C@H]2C=C[C@@H]3C2)cc1. The zero-order chi connectivity index (χ0) is 20.3. The molecule has 2 aliphatic carbocycles. The molecule has 3 aromatic rings. The van der Waals surface area contributed by atoms with Gasteiger partial charge in [-0.1, -0.05) is 60.2 Å². The first-order valence-corrected chi connectivity index (χ1v) is 11.0.